The largest absolute Gasteiger partial charge is 0.494 e. The Morgan fingerprint density at radius 1 is 0.949 bits per heavy atom. The summed E-state index contributed by atoms with van der Waals surface area (Å²) in [5.41, 5.74) is 5.61. The zero-order valence-electron chi connectivity index (χ0n) is 21.6. The average molecular weight is 564 g/mol. The highest BCUT2D eigenvalue weighted by Crippen LogP contribution is 2.29. The molecule has 1 amide bonds. The predicted molar refractivity (Wildman–Crippen MR) is 152 cm³/mol. The van der Waals surface area contributed by atoms with E-state index in [2.05, 4.69) is 20.7 Å². The number of nitrogens with zero attached hydrogens (tertiary/aromatic N) is 4. The number of nitrogens with one attached hydrogen (secondary N) is 1. The first-order chi connectivity index (χ1) is 18.8. The third-order valence-corrected chi connectivity index (χ3v) is 6.54. The lowest BCUT2D eigenvalue weighted by Crippen LogP contribution is -2.21. The number of halogens is 1. The van der Waals surface area contributed by atoms with Gasteiger partial charge in [0.15, 0.2) is 11.0 Å². The Labute approximate surface area is 235 Å². The molecule has 39 heavy (non-hydrogen) atoms. The van der Waals surface area contributed by atoms with Gasteiger partial charge in [-0.1, -0.05) is 23.4 Å². The van der Waals surface area contributed by atoms with Crippen LogP contribution >= 0.6 is 23.4 Å². The minimum absolute atomic E-state index is 0.0674. The summed E-state index contributed by atoms with van der Waals surface area (Å²) in [4.78, 5) is 23.7. The zero-order valence-corrected chi connectivity index (χ0v) is 23.1. The van der Waals surface area contributed by atoms with Gasteiger partial charge in [-0.05, 0) is 92.2 Å². The Kier molecular flexibility index (Phi) is 9.35. The van der Waals surface area contributed by atoms with Gasteiger partial charge in [0.25, 0.3) is 5.91 Å². The Hall–Kier alpha value is -4.15. The van der Waals surface area contributed by atoms with Crippen molar-refractivity contribution in [1.29, 1.82) is 0 Å². The first-order valence-electron chi connectivity index (χ1n) is 12.0. The number of carbonyl (C=O) groups is 2. The van der Waals surface area contributed by atoms with Crippen molar-refractivity contribution in [3.05, 3.63) is 83.4 Å². The predicted octanol–water partition coefficient (Wildman–Crippen LogP) is 5.54. The molecule has 0 aliphatic heterocycles. The van der Waals surface area contributed by atoms with E-state index in [4.69, 9.17) is 21.1 Å². The van der Waals surface area contributed by atoms with Gasteiger partial charge in [-0.3, -0.25) is 14.2 Å². The molecule has 0 aliphatic carbocycles. The van der Waals surface area contributed by atoms with Gasteiger partial charge in [-0.25, -0.2) is 5.43 Å². The molecule has 1 aromatic heterocycles. The number of benzene rings is 3. The summed E-state index contributed by atoms with van der Waals surface area (Å²) in [7, 11) is 0. The van der Waals surface area contributed by atoms with Crippen LogP contribution in [-0.4, -0.2) is 44.7 Å². The van der Waals surface area contributed by atoms with Crippen LogP contribution in [0.3, 0.4) is 0 Å². The maximum absolute atomic E-state index is 12.6. The summed E-state index contributed by atoms with van der Waals surface area (Å²) in [5.74, 6) is 1.18. The van der Waals surface area contributed by atoms with Crippen molar-refractivity contribution in [2.24, 2.45) is 5.10 Å². The van der Waals surface area contributed by atoms with Gasteiger partial charge in [-0.15, -0.1) is 10.2 Å². The van der Waals surface area contributed by atoms with Crippen LogP contribution in [0.4, 0.5) is 0 Å². The number of rotatable bonds is 10. The van der Waals surface area contributed by atoms with Gasteiger partial charge in [-0.2, -0.15) is 5.10 Å². The summed E-state index contributed by atoms with van der Waals surface area (Å²) >= 11 is 7.32. The molecule has 0 spiro atoms. The first kappa shape index (κ1) is 27.9. The van der Waals surface area contributed by atoms with Gasteiger partial charge in [0.2, 0.25) is 0 Å². The lowest BCUT2D eigenvalue weighted by atomic mass is 10.1. The molecule has 200 valence electrons. The molecule has 0 saturated heterocycles. The van der Waals surface area contributed by atoms with Crippen molar-refractivity contribution in [3.8, 4) is 28.6 Å². The van der Waals surface area contributed by atoms with Crippen molar-refractivity contribution in [1.82, 2.24) is 20.2 Å². The fraction of sp³-hybridized carbons (Fsp3) is 0.179. The van der Waals surface area contributed by atoms with Crippen LogP contribution < -0.4 is 14.9 Å². The van der Waals surface area contributed by atoms with E-state index in [0.717, 1.165) is 22.6 Å². The molecular weight excluding hydrogens is 538 g/mol. The maximum Gasteiger partial charge on any atom is 0.308 e. The Morgan fingerprint density at radius 3 is 2.26 bits per heavy atom. The molecular formula is C28H26ClN5O4S. The number of thioether (sulfide) groups is 1. The third-order valence-electron chi connectivity index (χ3n) is 5.36. The van der Waals surface area contributed by atoms with E-state index in [1.165, 1.54) is 18.7 Å². The lowest BCUT2D eigenvalue weighted by Gasteiger charge is -2.11. The fourth-order valence-corrected chi connectivity index (χ4v) is 4.41. The molecule has 1 N–H and O–H groups in total. The second-order valence-corrected chi connectivity index (χ2v) is 9.59. The molecule has 9 nitrogen and oxygen atoms in total. The molecule has 4 rings (SSSR count). The van der Waals surface area contributed by atoms with Gasteiger partial charge < -0.3 is 9.47 Å². The van der Waals surface area contributed by atoms with Crippen LogP contribution in [0.15, 0.2) is 83.1 Å². The number of hydrazone groups is 1. The zero-order chi connectivity index (χ0) is 27.8. The molecule has 3 aromatic carbocycles. The number of aromatic nitrogens is 3. The van der Waals surface area contributed by atoms with Gasteiger partial charge in [0.1, 0.15) is 11.5 Å². The maximum atomic E-state index is 12.6. The molecule has 0 unspecified atom stereocenters. The van der Waals surface area contributed by atoms with E-state index in [-0.39, 0.29) is 11.7 Å². The topological polar surface area (TPSA) is 108 Å². The van der Waals surface area contributed by atoms with Crippen molar-refractivity contribution in [3.63, 3.8) is 0 Å². The number of carbonyl (C=O) groups excluding carboxylic acids is 2. The van der Waals surface area contributed by atoms with Crippen molar-refractivity contribution in [2.75, 3.05) is 12.4 Å². The summed E-state index contributed by atoms with van der Waals surface area (Å²) in [6.07, 6.45) is 0. The Balaban J connectivity index is 1.48. The second-order valence-electron chi connectivity index (χ2n) is 8.21. The standard InChI is InChI=1S/C28H26ClN5O4S/c1-4-37-24-15-11-23(12-16-24)34-27(21-5-9-22(29)10-6-21)32-33-28(34)39-17-26(36)31-30-18(2)20-7-13-25(14-8-20)38-19(3)35/h5-16H,4,17H2,1-3H3,(H,31,36)/b30-18-. The van der Waals surface area contributed by atoms with E-state index < -0.39 is 5.97 Å². The molecule has 0 bridgehead atoms. The molecule has 0 radical (unpaired) electrons. The highest BCUT2D eigenvalue weighted by atomic mass is 35.5. The molecule has 0 atom stereocenters. The third kappa shape index (κ3) is 7.46. The van der Waals surface area contributed by atoms with Crippen molar-refractivity contribution in [2.45, 2.75) is 25.9 Å². The van der Waals surface area contributed by atoms with Gasteiger partial charge >= 0.3 is 5.97 Å². The highest BCUT2D eigenvalue weighted by molar-refractivity contribution is 7.99. The molecule has 0 saturated carbocycles. The molecule has 0 aliphatic rings. The minimum atomic E-state index is -0.392. The smallest absolute Gasteiger partial charge is 0.308 e. The first-order valence-corrected chi connectivity index (χ1v) is 13.4. The molecule has 4 aromatic rings. The highest BCUT2D eigenvalue weighted by Gasteiger charge is 2.17. The normalized spacial score (nSPS) is 11.2. The van der Waals surface area contributed by atoms with E-state index in [0.29, 0.717) is 34.1 Å². The van der Waals surface area contributed by atoms with E-state index >= 15 is 0 Å². The van der Waals surface area contributed by atoms with Crippen LogP contribution in [0.1, 0.15) is 26.3 Å². The van der Waals surface area contributed by atoms with Crippen LogP contribution in [0.5, 0.6) is 11.5 Å². The Bertz CT molecular complexity index is 1470. The SMILES string of the molecule is CCOc1ccc(-n2c(SCC(=O)N/N=C(/C)c3ccc(OC(C)=O)cc3)nnc2-c2ccc(Cl)cc2)cc1. The quantitative estimate of drug-likeness (QED) is 0.0886. The summed E-state index contributed by atoms with van der Waals surface area (Å²) in [6.45, 7) is 5.61. The van der Waals surface area contributed by atoms with Crippen LogP contribution in [0.2, 0.25) is 5.02 Å². The van der Waals surface area contributed by atoms with E-state index in [9.17, 15) is 9.59 Å². The fourth-order valence-electron chi connectivity index (χ4n) is 3.54. The Morgan fingerprint density at radius 2 is 1.62 bits per heavy atom. The summed E-state index contributed by atoms with van der Waals surface area (Å²) in [5, 5.41) is 14.1. The van der Waals surface area contributed by atoms with E-state index in [1.54, 1.807) is 43.3 Å². The van der Waals surface area contributed by atoms with Gasteiger partial charge in [0.05, 0.1) is 18.1 Å². The number of ether oxygens (including phenoxy) is 2. The van der Waals surface area contributed by atoms with Crippen molar-refractivity contribution >= 4 is 41.0 Å². The monoisotopic (exact) mass is 563 g/mol. The average Bonchev–Trinajstić information content (AvgIpc) is 3.35. The van der Waals surface area contributed by atoms with Gasteiger partial charge in [0, 0.05) is 23.2 Å². The summed E-state index contributed by atoms with van der Waals surface area (Å²) < 4.78 is 12.5. The minimum Gasteiger partial charge on any atom is -0.494 e. The second kappa shape index (κ2) is 13.1. The molecule has 11 heteroatoms. The van der Waals surface area contributed by atoms with Crippen LogP contribution in [-0.2, 0) is 9.59 Å². The molecule has 0 fully saturated rings. The summed E-state index contributed by atoms with van der Waals surface area (Å²) in [6, 6.07) is 21.8. The number of hydrogen-bond acceptors (Lipinski definition) is 8. The van der Waals surface area contributed by atoms with Crippen molar-refractivity contribution < 1.29 is 19.1 Å². The number of amides is 1. The lowest BCUT2D eigenvalue weighted by molar-refractivity contribution is -0.131. The molecule has 1 heterocycles. The van der Waals surface area contributed by atoms with Crippen LogP contribution in [0.25, 0.3) is 17.1 Å². The number of esters is 1. The van der Waals surface area contributed by atoms with Crippen LogP contribution in [0, 0.1) is 0 Å². The number of hydrogen-bond donors (Lipinski definition) is 1. The van der Waals surface area contributed by atoms with E-state index in [1.807, 2.05) is 47.9 Å².